The molecule has 4 heteroatoms. The Hall–Kier alpha value is -1.42. The van der Waals surface area contributed by atoms with E-state index < -0.39 is 0 Å². The number of furan rings is 1. The topological polar surface area (TPSA) is 41.8 Å². The van der Waals surface area contributed by atoms with Crippen molar-refractivity contribution in [2.75, 3.05) is 0 Å². The molecule has 12 heavy (non-hydrogen) atoms. The molecule has 0 saturated heterocycles. The van der Waals surface area contributed by atoms with Crippen LogP contribution in [0.25, 0.3) is 11.3 Å². The van der Waals surface area contributed by atoms with Crippen LogP contribution in [-0.4, -0.2) is 9.97 Å². The fraction of sp³-hybridized carbons (Fsp3) is 0. The van der Waals surface area contributed by atoms with Crippen LogP contribution in [0.1, 0.15) is 0 Å². The van der Waals surface area contributed by atoms with Crippen LogP contribution in [0.2, 0.25) is 0 Å². The average Bonchev–Trinajstić information content (AvgIpc) is 2.57. The van der Waals surface area contributed by atoms with Crippen LogP contribution in [0.3, 0.4) is 0 Å². The fourth-order valence-corrected chi connectivity index (χ4v) is 1.20. The second kappa shape index (κ2) is 2.91. The highest BCUT2D eigenvalue weighted by Gasteiger charge is 2.00. The first-order valence-corrected chi connectivity index (χ1v) is 3.85. The number of aromatic nitrogens is 2. The Balaban J connectivity index is 2.63. The molecule has 0 saturated carbocycles. The van der Waals surface area contributed by atoms with Crippen molar-refractivity contribution in [1.82, 2.24) is 9.97 Å². The summed E-state index contributed by atoms with van der Waals surface area (Å²) >= 11 is 5.04. The minimum Gasteiger partial charge on any atom is -0.472 e. The largest absolute Gasteiger partial charge is 0.472 e. The maximum absolute atomic E-state index is 5.04. The zero-order valence-corrected chi connectivity index (χ0v) is 6.97. The number of aromatic amines is 1. The molecule has 0 atom stereocenters. The summed E-state index contributed by atoms with van der Waals surface area (Å²) in [5.74, 6) is 0. The summed E-state index contributed by atoms with van der Waals surface area (Å²) in [4.78, 5) is 7.02. The molecule has 0 amide bonds. The van der Waals surface area contributed by atoms with Gasteiger partial charge in [-0.05, 0) is 6.07 Å². The lowest BCUT2D eigenvalue weighted by atomic mass is 10.2. The van der Waals surface area contributed by atoms with Gasteiger partial charge in [0.2, 0.25) is 0 Å². The monoisotopic (exact) mass is 178 g/mol. The summed E-state index contributed by atoms with van der Waals surface area (Å²) in [6, 6.07) is 1.83. The van der Waals surface area contributed by atoms with Crippen LogP contribution in [0, 0.1) is 4.64 Å². The molecule has 60 valence electrons. The number of H-pyrrole nitrogens is 1. The molecule has 0 aliphatic rings. The van der Waals surface area contributed by atoms with Gasteiger partial charge >= 0.3 is 0 Å². The molecule has 1 N–H and O–H groups in total. The normalized spacial score (nSPS) is 10.0. The van der Waals surface area contributed by atoms with Crippen molar-refractivity contribution in [2.45, 2.75) is 0 Å². The minimum atomic E-state index is 0.624. The molecule has 0 aliphatic carbocycles. The van der Waals surface area contributed by atoms with Crippen LogP contribution >= 0.6 is 12.2 Å². The predicted molar refractivity (Wildman–Crippen MR) is 47.1 cm³/mol. The van der Waals surface area contributed by atoms with Crippen LogP contribution in [0.4, 0.5) is 0 Å². The first kappa shape index (κ1) is 7.24. The van der Waals surface area contributed by atoms with Gasteiger partial charge in [0.05, 0.1) is 12.5 Å². The van der Waals surface area contributed by atoms with Crippen LogP contribution in [0.5, 0.6) is 0 Å². The number of hydrogen-bond donors (Lipinski definition) is 1. The smallest absolute Gasteiger partial charge is 0.130 e. The van der Waals surface area contributed by atoms with Gasteiger partial charge in [-0.3, -0.25) is 4.98 Å². The van der Waals surface area contributed by atoms with Gasteiger partial charge in [-0.2, -0.15) is 0 Å². The van der Waals surface area contributed by atoms with E-state index in [1.54, 1.807) is 24.9 Å². The SMILES string of the molecule is S=c1[nH]ccnc1-c1ccoc1. The molecule has 0 spiro atoms. The van der Waals surface area contributed by atoms with E-state index in [1.807, 2.05) is 6.07 Å². The second-order valence-electron chi connectivity index (χ2n) is 2.28. The van der Waals surface area contributed by atoms with Crippen molar-refractivity contribution in [3.63, 3.8) is 0 Å². The van der Waals surface area contributed by atoms with Crippen LogP contribution in [0.15, 0.2) is 35.4 Å². The molecule has 2 aromatic rings. The highest BCUT2D eigenvalue weighted by molar-refractivity contribution is 7.71. The number of nitrogens with one attached hydrogen (secondary N) is 1. The molecule has 2 rings (SSSR count). The van der Waals surface area contributed by atoms with E-state index in [2.05, 4.69) is 9.97 Å². The molecular weight excluding hydrogens is 172 g/mol. The summed E-state index contributed by atoms with van der Waals surface area (Å²) < 4.78 is 5.55. The standard InChI is InChI=1S/C8H6N2OS/c12-8-7(9-2-3-10-8)6-1-4-11-5-6/h1-5H,(H,10,12). The molecule has 0 aliphatic heterocycles. The maximum Gasteiger partial charge on any atom is 0.130 e. The zero-order valence-electron chi connectivity index (χ0n) is 6.15. The van der Waals surface area contributed by atoms with Gasteiger partial charge in [-0.25, -0.2) is 0 Å². The van der Waals surface area contributed by atoms with E-state index in [9.17, 15) is 0 Å². The second-order valence-corrected chi connectivity index (χ2v) is 2.69. The fourth-order valence-electron chi connectivity index (χ4n) is 0.957. The van der Waals surface area contributed by atoms with Crippen molar-refractivity contribution in [3.8, 4) is 11.3 Å². The Morgan fingerprint density at radius 2 is 2.42 bits per heavy atom. The molecule has 0 bridgehead atoms. The molecular formula is C8H6N2OS. The van der Waals surface area contributed by atoms with Gasteiger partial charge in [-0.1, -0.05) is 12.2 Å². The summed E-state index contributed by atoms with van der Waals surface area (Å²) in [6.45, 7) is 0. The predicted octanol–water partition coefficient (Wildman–Crippen LogP) is 2.40. The number of nitrogens with zero attached hydrogens (tertiary/aromatic N) is 1. The van der Waals surface area contributed by atoms with Gasteiger partial charge in [-0.15, -0.1) is 0 Å². The maximum atomic E-state index is 5.04. The summed E-state index contributed by atoms with van der Waals surface area (Å²) in [7, 11) is 0. The third-order valence-electron chi connectivity index (χ3n) is 1.50. The highest BCUT2D eigenvalue weighted by atomic mass is 32.1. The highest BCUT2D eigenvalue weighted by Crippen LogP contribution is 2.16. The molecule has 0 radical (unpaired) electrons. The van der Waals surface area contributed by atoms with Crippen molar-refractivity contribution in [2.24, 2.45) is 0 Å². The van der Waals surface area contributed by atoms with Gasteiger partial charge in [0.25, 0.3) is 0 Å². The summed E-state index contributed by atoms with van der Waals surface area (Å²) in [6.07, 6.45) is 6.58. The Kier molecular flexibility index (Phi) is 1.75. The van der Waals surface area contributed by atoms with Gasteiger partial charge in [0, 0.05) is 18.0 Å². The Morgan fingerprint density at radius 3 is 3.08 bits per heavy atom. The number of hydrogen-bond acceptors (Lipinski definition) is 3. The third-order valence-corrected chi connectivity index (χ3v) is 1.81. The minimum absolute atomic E-state index is 0.624. The lowest BCUT2D eigenvalue weighted by Gasteiger charge is -1.93. The molecule has 3 nitrogen and oxygen atoms in total. The third kappa shape index (κ3) is 1.16. The first-order valence-electron chi connectivity index (χ1n) is 3.44. The molecule has 0 unspecified atom stereocenters. The first-order chi connectivity index (χ1) is 5.88. The van der Waals surface area contributed by atoms with E-state index in [4.69, 9.17) is 16.6 Å². The van der Waals surface area contributed by atoms with E-state index in [1.165, 1.54) is 0 Å². The van der Waals surface area contributed by atoms with E-state index in [0.29, 0.717) is 4.64 Å². The van der Waals surface area contributed by atoms with Gasteiger partial charge in [0.1, 0.15) is 10.3 Å². The van der Waals surface area contributed by atoms with Crippen molar-refractivity contribution < 1.29 is 4.42 Å². The van der Waals surface area contributed by atoms with Crippen LogP contribution < -0.4 is 0 Å². The zero-order chi connectivity index (χ0) is 8.39. The molecule has 0 aromatic carbocycles. The Morgan fingerprint density at radius 1 is 1.50 bits per heavy atom. The van der Waals surface area contributed by atoms with E-state index >= 15 is 0 Å². The average molecular weight is 178 g/mol. The van der Waals surface area contributed by atoms with Crippen molar-refractivity contribution >= 4 is 12.2 Å². The number of rotatable bonds is 1. The van der Waals surface area contributed by atoms with Crippen molar-refractivity contribution in [3.05, 3.63) is 35.6 Å². The molecule has 0 fully saturated rings. The van der Waals surface area contributed by atoms with Gasteiger partial charge < -0.3 is 9.40 Å². The summed E-state index contributed by atoms with van der Waals surface area (Å²) in [5.41, 5.74) is 1.65. The van der Waals surface area contributed by atoms with Crippen molar-refractivity contribution in [1.29, 1.82) is 0 Å². The van der Waals surface area contributed by atoms with E-state index in [0.717, 1.165) is 11.3 Å². The molecule has 2 heterocycles. The molecule has 2 aromatic heterocycles. The lowest BCUT2D eigenvalue weighted by Crippen LogP contribution is -1.83. The Bertz CT molecular complexity index is 419. The summed E-state index contributed by atoms with van der Waals surface area (Å²) in [5, 5.41) is 0. The van der Waals surface area contributed by atoms with Crippen LogP contribution in [-0.2, 0) is 0 Å². The van der Waals surface area contributed by atoms with Gasteiger partial charge in [0.15, 0.2) is 0 Å². The van der Waals surface area contributed by atoms with E-state index in [-0.39, 0.29) is 0 Å². The Labute approximate surface area is 74.1 Å². The lowest BCUT2D eigenvalue weighted by molar-refractivity contribution is 0.568. The quantitative estimate of drug-likeness (QED) is 0.682.